The topological polar surface area (TPSA) is 32.3 Å². The van der Waals surface area contributed by atoms with Gasteiger partial charge in [-0.25, -0.2) is 0 Å². The van der Waals surface area contributed by atoms with Crippen LogP contribution in [0.25, 0.3) is 0 Å². The lowest BCUT2D eigenvalue weighted by Gasteiger charge is -2.26. The molecule has 19 heavy (non-hydrogen) atoms. The molecule has 4 aliphatic rings. The summed E-state index contributed by atoms with van der Waals surface area (Å²) in [7, 11) is 0. The molecule has 1 saturated heterocycles. The number of carbonyl (C=O) groups is 1. The third-order valence-corrected chi connectivity index (χ3v) is 6.64. The number of hydrogen-bond donors (Lipinski definition) is 1. The molecule has 1 aliphatic heterocycles. The van der Waals surface area contributed by atoms with Gasteiger partial charge in [0.2, 0.25) is 5.91 Å². The maximum absolute atomic E-state index is 12.8. The number of nitrogens with zero attached hydrogens (tertiary/aromatic N) is 1. The molecule has 4 rings (SSSR count). The number of hydrogen-bond acceptors (Lipinski definition) is 2. The molecule has 3 heteroatoms. The van der Waals surface area contributed by atoms with E-state index in [0.29, 0.717) is 11.9 Å². The second kappa shape index (κ2) is 3.75. The highest BCUT2D eigenvalue weighted by Crippen LogP contribution is 2.68. The number of amides is 1. The molecule has 1 N–H and O–H groups in total. The van der Waals surface area contributed by atoms with Gasteiger partial charge in [-0.3, -0.25) is 10.1 Å². The quantitative estimate of drug-likeness (QED) is 0.847. The molecule has 6 atom stereocenters. The number of fused-ring (bicyclic) bond motifs is 5. The minimum Gasteiger partial charge on any atom is -0.322 e. The minimum atomic E-state index is -0.309. The summed E-state index contributed by atoms with van der Waals surface area (Å²) in [6.45, 7) is 6.41. The Balaban J connectivity index is 1.60. The first-order valence-corrected chi connectivity index (χ1v) is 8.21. The molecule has 0 aromatic heterocycles. The van der Waals surface area contributed by atoms with Crippen LogP contribution in [0.2, 0.25) is 0 Å². The molecule has 6 unspecified atom stereocenters. The SMILES string of the molecule is CCC1NC(C)(CC)C(=O)N1C1C2C3CCC(C3)C21. The molecule has 4 fully saturated rings. The van der Waals surface area contributed by atoms with Crippen LogP contribution >= 0.6 is 0 Å². The molecule has 3 nitrogen and oxygen atoms in total. The highest BCUT2D eigenvalue weighted by molar-refractivity contribution is 5.89. The van der Waals surface area contributed by atoms with Crippen LogP contribution in [-0.2, 0) is 4.79 Å². The Kier molecular flexibility index (Phi) is 2.41. The van der Waals surface area contributed by atoms with Crippen LogP contribution in [0.4, 0.5) is 0 Å². The van der Waals surface area contributed by atoms with Crippen molar-refractivity contribution in [2.45, 2.75) is 70.6 Å². The molecular formula is C16H26N2O. The van der Waals surface area contributed by atoms with Crippen LogP contribution in [0.3, 0.4) is 0 Å². The molecule has 2 bridgehead atoms. The van der Waals surface area contributed by atoms with Crippen molar-refractivity contribution < 1.29 is 4.79 Å². The summed E-state index contributed by atoms with van der Waals surface area (Å²) >= 11 is 0. The van der Waals surface area contributed by atoms with Crippen LogP contribution < -0.4 is 5.32 Å². The third-order valence-electron chi connectivity index (χ3n) is 6.64. The second-order valence-electron chi connectivity index (χ2n) is 7.44. The minimum absolute atomic E-state index is 0.285. The van der Waals surface area contributed by atoms with Gasteiger partial charge in [0.25, 0.3) is 0 Å². The van der Waals surface area contributed by atoms with E-state index in [0.717, 1.165) is 36.5 Å². The first-order chi connectivity index (χ1) is 9.10. The van der Waals surface area contributed by atoms with Crippen molar-refractivity contribution >= 4 is 5.91 Å². The molecule has 0 aromatic rings. The molecule has 3 aliphatic carbocycles. The average Bonchev–Trinajstić information content (AvgIpc) is 2.74. The second-order valence-corrected chi connectivity index (χ2v) is 7.44. The molecule has 1 amide bonds. The summed E-state index contributed by atoms with van der Waals surface area (Å²) in [4.78, 5) is 15.1. The van der Waals surface area contributed by atoms with Gasteiger partial charge in [-0.1, -0.05) is 13.8 Å². The summed E-state index contributed by atoms with van der Waals surface area (Å²) < 4.78 is 0. The highest BCUT2D eigenvalue weighted by atomic mass is 16.2. The standard InChI is InChI=1S/C16H26N2O/c1-4-11-17-16(3,5-2)15(19)18(11)14-12-9-6-7-10(8-9)13(12)14/h9-14,17H,4-8H2,1-3H3. The van der Waals surface area contributed by atoms with Crippen molar-refractivity contribution in [3.8, 4) is 0 Å². The van der Waals surface area contributed by atoms with Crippen molar-refractivity contribution in [3.05, 3.63) is 0 Å². The average molecular weight is 262 g/mol. The van der Waals surface area contributed by atoms with E-state index in [9.17, 15) is 4.79 Å². The maximum atomic E-state index is 12.8. The van der Waals surface area contributed by atoms with Crippen molar-refractivity contribution in [1.82, 2.24) is 10.2 Å². The van der Waals surface area contributed by atoms with Gasteiger partial charge in [-0.05, 0) is 62.7 Å². The van der Waals surface area contributed by atoms with E-state index in [1.807, 2.05) is 0 Å². The van der Waals surface area contributed by atoms with E-state index in [-0.39, 0.29) is 11.7 Å². The van der Waals surface area contributed by atoms with Gasteiger partial charge < -0.3 is 4.90 Å². The van der Waals surface area contributed by atoms with Gasteiger partial charge in [-0.15, -0.1) is 0 Å². The zero-order valence-electron chi connectivity index (χ0n) is 12.4. The lowest BCUT2D eigenvalue weighted by Crippen LogP contribution is -2.43. The smallest absolute Gasteiger partial charge is 0.244 e. The van der Waals surface area contributed by atoms with E-state index in [1.165, 1.54) is 19.3 Å². The van der Waals surface area contributed by atoms with E-state index in [2.05, 4.69) is 31.0 Å². The maximum Gasteiger partial charge on any atom is 0.244 e. The Morgan fingerprint density at radius 1 is 1.26 bits per heavy atom. The molecule has 3 saturated carbocycles. The van der Waals surface area contributed by atoms with Crippen molar-refractivity contribution in [1.29, 1.82) is 0 Å². The monoisotopic (exact) mass is 262 g/mol. The summed E-state index contributed by atoms with van der Waals surface area (Å²) in [6.07, 6.45) is 6.54. The largest absolute Gasteiger partial charge is 0.322 e. The Morgan fingerprint density at radius 3 is 2.42 bits per heavy atom. The first kappa shape index (κ1) is 12.2. The zero-order valence-corrected chi connectivity index (χ0v) is 12.4. The molecule has 106 valence electrons. The fourth-order valence-corrected chi connectivity index (χ4v) is 5.47. The normalized spacial score (nSPS) is 54.9. The predicted molar refractivity (Wildman–Crippen MR) is 74.4 cm³/mol. The fourth-order valence-electron chi connectivity index (χ4n) is 5.47. The van der Waals surface area contributed by atoms with Crippen LogP contribution in [0.5, 0.6) is 0 Å². The number of nitrogens with one attached hydrogen (secondary N) is 1. The molecule has 0 aromatic carbocycles. The lowest BCUT2D eigenvalue weighted by atomic mass is 9.99. The van der Waals surface area contributed by atoms with Gasteiger partial charge in [-0.2, -0.15) is 0 Å². The van der Waals surface area contributed by atoms with E-state index < -0.39 is 0 Å². The molecule has 0 radical (unpaired) electrons. The van der Waals surface area contributed by atoms with Crippen LogP contribution in [0.1, 0.15) is 52.9 Å². The van der Waals surface area contributed by atoms with Gasteiger partial charge in [0.1, 0.15) is 0 Å². The summed E-state index contributed by atoms with van der Waals surface area (Å²) in [5.41, 5.74) is -0.309. The van der Waals surface area contributed by atoms with E-state index in [4.69, 9.17) is 0 Å². The van der Waals surface area contributed by atoms with Gasteiger partial charge in [0.15, 0.2) is 0 Å². The predicted octanol–water partition coefficient (Wildman–Crippen LogP) is 2.37. The van der Waals surface area contributed by atoms with Crippen LogP contribution in [0.15, 0.2) is 0 Å². The van der Waals surface area contributed by atoms with Gasteiger partial charge >= 0.3 is 0 Å². The van der Waals surface area contributed by atoms with Crippen LogP contribution in [0, 0.1) is 23.7 Å². The first-order valence-electron chi connectivity index (χ1n) is 8.21. The number of rotatable bonds is 3. The summed E-state index contributed by atoms with van der Waals surface area (Å²) in [5, 5.41) is 3.60. The van der Waals surface area contributed by atoms with Gasteiger partial charge in [0.05, 0.1) is 11.7 Å². The van der Waals surface area contributed by atoms with Crippen molar-refractivity contribution in [2.75, 3.05) is 0 Å². The fraction of sp³-hybridized carbons (Fsp3) is 0.938. The Labute approximate surface area is 116 Å². The lowest BCUT2D eigenvalue weighted by molar-refractivity contribution is -0.134. The van der Waals surface area contributed by atoms with Gasteiger partial charge in [0, 0.05) is 6.04 Å². The van der Waals surface area contributed by atoms with Crippen LogP contribution in [-0.4, -0.2) is 28.6 Å². The Hall–Kier alpha value is -0.570. The molecule has 1 heterocycles. The molecular weight excluding hydrogens is 236 g/mol. The number of carbonyl (C=O) groups excluding carboxylic acids is 1. The van der Waals surface area contributed by atoms with Crippen molar-refractivity contribution in [3.63, 3.8) is 0 Å². The van der Waals surface area contributed by atoms with Crippen molar-refractivity contribution in [2.24, 2.45) is 23.7 Å². The summed E-state index contributed by atoms with van der Waals surface area (Å²) in [6, 6.07) is 0.588. The Morgan fingerprint density at radius 2 is 1.89 bits per heavy atom. The zero-order chi connectivity index (χ0) is 13.4. The Bertz CT molecular complexity index is 407. The van der Waals surface area contributed by atoms with E-state index >= 15 is 0 Å². The summed E-state index contributed by atoms with van der Waals surface area (Å²) in [5.74, 6) is 3.98. The van der Waals surface area contributed by atoms with E-state index in [1.54, 1.807) is 0 Å². The third kappa shape index (κ3) is 1.40. The molecule has 0 spiro atoms. The highest BCUT2D eigenvalue weighted by Gasteiger charge is 2.69.